The van der Waals surface area contributed by atoms with Crippen LogP contribution in [0.5, 0.6) is 0 Å². The maximum absolute atomic E-state index is 11.3. The largest absolute Gasteiger partial charge is 0.293 e. The van der Waals surface area contributed by atoms with Crippen molar-refractivity contribution < 1.29 is 4.79 Å². The number of benzene rings is 1. The number of nitrogens with zero attached hydrogens (tertiary/aromatic N) is 1. The third kappa shape index (κ3) is 2.09. The van der Waals surface area contributed by atoms with Gasteiger partial charge in [-0.05, 0) is 12.1 Å². The van der Waals surface area contributed by atoms with E-state index < -0.39 is 0 Å². The molecule has 0 saturated heterocycles. The van der Waals surface area contributed by atoms with Crippen LogP contribution in [-0.2, 0) is 0 Å². The summed E-state index contributed by atoms with van der Waals surface area (Å²) in [5, 5.41) is 9.27. The van der Waals surface area contributed by atoms with Gasteiger partial charge in [-0.2, -0.15) is 5.26 Å². The predicted octanol–water partition coefficient (Wildman–Crippen LogP) is 3.44. The quantitative estimate of drug-likeness (QED) is 0.619. The number of carbonyl (C=O) groups is 1. The second-order valence-electron chi connectivity index (χ2n) is 2.45. The van der Waals surface area contributed by atoms with Crippen molar-refractivity contribution in [2.24, 2.45) is 0 Å². The molecule has 0 saturated carbocycles. The fourth-order valence-electron chi connectivity index (χ4n) is 0.942. The zero-order chi connectivity index (χ0) is 10.7. The van der Waals surface area contributed by atoms with Crippen LogP contribution in [0.25, 0.3) is 0 Å². The van der Waals surface area contributed by atoms with Crippen molar-refractivity contribution in [3.63, 3.8) is 0 Å². The average Bonchev–Trinajstić information content (AvgIpc) is 2.18. The molecule has 0 unspecified atom stereocenters. The highest BCUT2D eigenvalue weighted by Crippen LogP contribution is 2.27. The molecule has 72 valence electrons. The van der Waals surface area contributed by atoms with Crippen LogP contribution in [0, 0.1) is 11.3 Å². The molecular formula is C9H4BrCl2NO. The molecule has 0 aliphatic rings. The van der Waals surface area contributed by atoms with Gasteiger partial charge in [-0.1, -0.05) is 39.1 Å². The molecule has 14 heavy (non-hydrogen) atoms. The van der Waals surface area contributed by atoms with Gasteiger partial charge in [0.25, 0.3) is 0 Å². The third-order valence-corrected chi connectivity index (χ3v) is 2.84. The number of hydrogen-bond donors (Lipinski definition) is 0. The molecule has 0 N–H and O–H groups in total. The molecule has 0 aliphatic carbocycles. The first kappa shape index (κ1) is 11.5. The molecule has 0 heterocycles. The van der Waals surface area contributed by atoms with Gasteiger partial charge in [0.05, 0.1) is 20.9 Å². The minimum absolute atomic E-state index is 0.115. The maximum atomic E-state index is 11.3. The molecule has 0 atom stereocenters. The monoisotopic (exact) mass is 291 g/mol. The molecule has 0 bridgehead atoms. The summed E-state index contributed by atoms with van der Waals surface area (Å²) in [6.45, 7) is 0. The lowest BCUT2D eigenvalue weighted by Gasteiger charge is -2.03. The maximum Gasteiger partial charge on any atom is 0.174 e. The van der Waals surface area contributed by atoms with Gasteiger partial charge in [-0.15, -0.1) is 0 Å². The van der Waals surface area contributed by atoms with Crippen molar-refractivity contribution >= 4 is 44.9 Å². The molecule has 0 spiro atoms. The Morgan fingerprint density at radius 1 is 1.50 bits per heavy atom. The van der Waals surface area contributed by atoms with E-state index in [2.05, 4.69) is 15.9 Å². The van der Waals surface area contributed by atoms with E-state index >= 15 is 0 Å². The van der Waals surface area contributed by atoms with Gasteiger partial charge in [-0.25, -0.2) is 0 Å². The molecule has 0 fully saturated rings. The van der Waals surface area contributed by atoms with Crippen molar-refractivity contribution in [2.75, 3.05) is 5.33 Å². The van der Waals surface area contributed by atoms with Crippen molar-refractivity contribution in [2.45, 2.75) is 0 Å². The van der Waals surface area contributed by atoms with Crippen LogP contribution in [0.1, 0.15) is 15.9 Å². The fourth-order valence-corrected chi connectivity index (χ4v) is 1.80. The standard InChI is InChI=1S/C9H4BrCl2NO/c10-3-8(14)5-1-2-7(11)6(4-13)9(5)12/h1-2H,3H2. The molecular weight excluding hydrogens is 289 g/mol. The minimum atomic E-state index is -0.178. The molecule has 0 amide bonds. The Labute approximate surface area is 99.6 Å². The molecule has 1 aromatic carbocycles. The van der Waals surface area contributed by atoms with Crippen LogP contribution in [0.4, 0.5) is 0 Å². The first-order chi connectivity index (χ1) is 6.61. The van der Waals surface area contributed by atoms with Crippen LogP contribution in [-0.4, -0.2) is 11.1 Å². The summed E-state index contributed by atoms with van der Waals surface area (Å²) >= 11 is 14.6. The lowest BCUT2D eigenvalue weighted by molar-refractivity contribution is 0.102. The van der Waals surface area contributed by atoms with E-state index in [9.17, 15) is 4.79 Å². The lowest BCUT2D eigenvalue weighted by Crippen LogP contribution is -2.02. The highest BCUT2D eigenvalue weighted by Gasteiger charge is 2.14. The Morgan fingerprint density at radius 3 is 2.64 bits per heavy atom. The van der Waals surface area contributed by atoms with E-state index in [4.69, 9.17) is 28.5 Å². The minimum Gasteiger partial charge on any atom is -0.293 e. The molecule has 0 aromatic heterocycles. The van der Waals surface area contributed by atoms with Crippen LogP contribution in [0.3, 0.4) is 0 Å². The number of nitriles is 1. The Balaban J connectivity index is 3.37. The Kier molecular flexibility index (Phi) is 3.94. The topological polar surface area (TPSA) is 40.9 Å². The molecule has 0 aliphatic heterocycles. The summed E-state index contributed by atoms with van der Waals surface area (Å²) in [5.74, 6) is -0.178. The van der Waals surface area contributed by atoms with E-state index in [0.29, 0.717) is 5.56 Å². The highest BCUT2D eigenvalue weighted by molar-refractivity contribution is 9.09. The number of rotatable bonds is 2. The summed E-state index contributed by atoms with van der Waals surface area (Å²) in [7, 11) is 0. The highest BCUT2D eigenvalue weighted by atomic mass is 79.9. The summed E-state index contributed by atoms with van der Waals surface area (Å²) in [6.07, 6.45) is 0. The first-order valence-electron chi connectivity index (χ1n) is 3.59. The van der Waals surface area contributed by atoms with Gasteiger partial charge in [-0.3, -0.25) is 4.79 Å². The van der Waals surface area contributed by atoms with Crippen molar-refractivity contribution in [3.05, 3.63) is 33.3 Å². The van der Waals surface area contributed by atoms with Crippen LogP contribution in [0.15, 0.2) is 12.1 Å². The van der Waals surface area contributed by atoms with Gasteiger partial charge in [0, 0.05) is 5.56 Å². The normalized spacial score (nSPS) is 9.57. The summed E-state index contributed by atoms with van der Waals surface area (Å²) < 4.78 is 0. The van der Waals surface area contributed by atoms with E-state index in [1.54, 1.807) is 0 Å². The van der Waals surface area contributed by atoms with Gasteiger partial charge >= 0.3 is 0 Å². The number of halogens is 3. The van der Waals surface area contributed by atoms with Crippen LogP contribution >= 0.6 is 39.1 Å². The van der Waals surface area contributed by atoms with Crippen molar-refractivity contribution in [3.8, 4) is 6.07 Å². The molecule has 2 nitrogen and oxygen atoms in total. The fraction of sp³-hybridized carbons (Fsp3) is 0.111. The van der Waals surface area contributed by atoms with Crippen molar-refractivity contribution in [1.82, 2.24) is 0 Å². The van der Waals surface area contributed by atoms with E-state index in [1.165, 1.54) is 12.1 Å². The number of carbonyl (C=O) groups excluding carboxylic acids is 1. The van der Waals surface area contributed by atoms with Crippen LogP contribution < -0.4 is 0 Å². The third-order valence-electron chi connectivity index (χ3n) is 1.62. The van der Waals surface area contributed by atoms with E-state index in [0.717, 1.165) is 0 Å². The molecule has 1 aromatic rings. The van der Waals surface area contributed by atoms with Crippen LogP contribution in [0.2, 0.25) is 10.0 Å². The molecule has 5 heteroatoms. The summed E-state index contributed by atoms with van der Waals surface area (Å²) in [4.78, 5) is 11.3. The second kappa shape index (κ2) is 4.79. The van der Waals surface area contributed by atoms with Gasteiger partial charge < -0.3 is 0 Å². The first-order valence-corrected chi connectivity index (χ1v) is 5.46. The second-order valence-corrected chi connectivity index (χ2v) is 3.80. The Hall–Kier alpha value is -0.560. The number of alkyl halides is 1. The predicted molar refractivity (Wildman–Crippen MR) is 59.3 cm³/mol. The summed E-state index contributed by atoms with van der Waals surface area (Å²) in [6, 6.07) is 4.85. The molecule has 1 rings (SSSR count). The Morgan fingerprint density at radius 2 is 2.14 bits per heavy atom. The van der Waals surface area contributed by atoms with Gasteiger partial charge in [0.1, 0.15) is 6.07 Å². The Bertz CT molecular complexity index is 426. The number of ketones is 1. The van der Waals surface area contributed by atoms with Crippen molar-refractivity contribution in [1.29, 1.82) is 5.26 Å². The smallest absolute Gasteiger partial charge is 0.174 e. The lowest BCUT2D eigenvalue weighted by atomic mass is 10.1. The zero-order valence-corrected chi connectivity index (χ0v) is 9.95. The zero-order valence-electron chi connectivity index (χ0n) is 6.85. The number of Topliss-reactive ketones (excluding diaryl/α,β-unsaturated/α-hetero) is 1. The average molecular weight is 293 g/mol. The van der Waals surface area contributed by atoms with E-state index in [1.807, 2.05) is 6.07 Å². The summed E-state index contributed by atoms with van der Waals surface area (Å²) in [5.41, 5.74) is 0.449. The number of hydrogen-bond acceptors (Lipinski definition) is 2. The van der Waals surface area contributed by atoms with Gasteiger partial charge in [0.15, 0.2) is 5.78 Å². The van der Waals surface area contributed by atoms with Gasteiger partial charge in [0.2, 0.25) is 0 Å². The SMILES string of the molecule is N#Cc1c(Cl)ccc(C(=O)CBr)c1Cl. The van der Waals surface area contributed by atoms with E-state index in [-0.39, 0.29) is 26.7 Å². The molecule has 0 radical (unpaired) electrons.